The lowest BCUT2D eigenvalue weighted by molar-refractivity contribution is 0.421. The summed E-state index contributed by atoms with van der Waals surface area (Å²) in [6.07, 6.45) is 0.549. The van der Waals surface area contributed by atoms with Crippen molar-refractivity contribution in [2.45, 2.75) is 24.2 Å². The molecule has 0 spiro atoms. The number of alkyl halides is 1. The zero-order valence-electron chi connectivity index (χ0n) is 4.89. The van der Waals surface area contributed by atoms with Gasteiger partial charge >= 0.3 is 0 Å². The second kappa shape index (κ2) is 3.40. The maximum Gasteiger partial charge on any atom is 0.114 e. The van der Waals surface area contributed by atoms with Crippen LogP contribution in [0.2, 0.25) is 0 Å². The topological polar surface area (TPSA) is 0 Å². The van der Waals surface area contributed by atoms with Crippen LogP contribution in [0.3, 0.4) is 0 Å². The predicted octanol–water partition coefficient (Wildman–Crippen LogP) is 2.01. The van der Waals surface area contributed by atoms with E-state index in [0.717, 1.165) is 0 Å². The molecular weight excluding hydrogens is 160 g/mol. The first-order valence-electron chi connectivity index (χ1n) is 2.39. The molecule has 50 valence electrons. The van der Waals surface area contributed by atoms with Crippen molar-refractivity contribution in [3.63, 3.8) is 0 Å². The minimum Gasteiger partial charge on any atom is -0.243 e. The van der Waals surface area contributed by atoms with Crippen LogP contribution in [0.25, 0.3) is 0 Å². The van der Waals surface area contributed by atoms with Crippen molar-refractivity contribution in [2.75, 3.05) is 0 Å². The number of hydrogen-bond donors (Lipinski definition) is 0. The molecule has 0 N–H and O–H groups in total. The van der Waals surface area contributed by atoms with Crippen molar-refractivity contribution >= 4 is 27.7 Å². The Morgan fingerprint density at radius 3 is 2.00 bits per heavy atom. The largest absolute Gasteiger partial charge is 0.243 e. The van der Waals surface area contributed by atoms with E-state index in [9.17, 15) is 4.39 Å². The third kappa shape index (κ3) is 7.22. The van der Waals surface area contributed by atoms with Gasteiger partial charge in [-0.1, -0.05) is 6.92 Å². The van der Waals surface area contributed by atoms with E-state index in [1.165, 1.54) is 0 Å². The highest BCUT2D eigenvalue weighted by atomic mass is 31.1. The van der Waals surface area contributed by atoms with Crippen LogP contribution in [0.15, 0.2) is 0 Å². The Kier molecular flexibility index (Phi) is 3.92. The molecule has 0 nitrogen and oxygen atoms in total. The molecule has 0 aliphatic carbocycles. The van der Waals surface area contributed by atoms with Gasteiger partial charge in [0.25, 0.3) is 0 Å². The van der Waals surface area contributed by atoms with Gasteiger partial charge in [-0.25, -0.2) is 4.39 Å². The summed E-state index contributed by atoms with van der Waals surface area (Å²) in [5, 5.41) is 0. The summed E-state index contributed by atoms with van der Waals surface area (Å²) < 4.78 is 12.1. The zero-order chi connectivity index (χ0) is 6.78. The van der Waals surface area contributed by atoms with E-state index in [1.54, 1.807) is 0 Å². The average molecular weight is 172 g/mol. The van der Waals surface area contributed by atoms with Crippen LogP contribution in [0.5, 0.6) is 0 Å². The van der Waals surface area contributed by atoms with Gasteiger partial charge < -0.3 is 0 Å². The first-order valence-corrected chi connectivity index (χ1v) is 4.21. The molecular formula is C4H12FP3. The number of halogens is 1. The SMILES string of the molecule is CC(P)(P)CC(F)P. The van der Waals surface area contributed by atoms with Gasteiger partial charge in [-0.15, -0.1) is 27.7 Å². The van der Waals surface area contributed by atoms with Gasteiger partial charge in [0.15, 0.2) is 0 Å². The van der Waals surface area contributed by atoms with Crippen LogP contribution in [0.4, 0.5) is 4.39 Å². The molecule has 4 atom stereocenters. The van der Waals surface area contributed by atoms with E-state index < -0.39 is 5.91 Å². The molecule has 4 unspecified atom stereocenters. The highest BCUT2D eigenvalue weighted by Crippen LogP contribution is 2.33. The molecule has 0 amide bonds. The van der Waals surface area contributed by atoms with Crippen molar-refractivity contribution in [1.82, 2.24) is 0 Å². The molecule has 0 aromatic rings. The van der Waals surface area contributed by atoms with Crippen LogP contribution < -0.4 is 0 Å². The van der Waals surface area contributed by atoms with Crippen LogP contribution in [0.1, 0.15) is 13.3 Å². The van der Waals surface area contributed by atoms with Gasteiger partial charge in [-0.3, -0.25) is 0 Å². The van der Waals surface area contributed by atoms with Gasteiger partial charge in [0.05, 0.1) is 0 Å². The molecule has 0 aromatic carbocycles. The van der Waals surface area contributed by atoms with E-state index in [1.807, 2.05) is 6.92 Å². The van der Waals surface area contributed by atoms with Crippen LogP contribution >= 0.6 is 27.7 Å². The number of hydrogen-bond acceptors (Lipinski definition) is 0. The van der Waals surface area contributed by atoms with Gasteiger partial charge in [-0.05, 0) is 11.3 Å². The highest BCUT2D eigenvalue weighted by molar-refractivity contribution is 7.39. The first-order chi connectivity index (χ1) is 3.42. The Morgan fingerprint density at radius 1 is 1.62 bits per heavy atom. The fourth-order valence-electron chi connectivity index (χ4n) is 0.420. The van der Waals surface area contributed by atoms with Gasteiger partial charge in [0, 0.05) is 0 Å². The quantitative estimate of drug-likeness (QED) is 0.559. The number of rotatable bonds is 2. The lowest BCUT2D eigenvalue weighted by atomic mass is 10.3. The summed E-state index contributed by atoms with van der Waals surface area (Å²) in [5.41, 5.74) is 0. The van der Waals surface area contributed by atoms with Crippen molar-refractivity contribution in [3.05, 3.63) is 0 Å². The Bertz CT molecular complexity index is 66.2. The fourth-order valence-corrected chi connectivity index (χ4v) is 1.92. The van der Waals surface area contributed by atoms with Crippen molar-refractivity contribution < 1.29 is 4.39 Å². The van der Waals surface area contributed by atoms with Gasteiger partial charge in [0.2, 0.25) is 0 Å². The lowest BCUT2D eigenvalue weighted by Gasteiger charge is -2.17. The first kappa shape index (κ1) is 9.22. The molecule has 4 heteroatoms. The highest BCUT2D eigenvalue weighted by Gasteiger charge is 2.14. The minimum absolute atomic E-state index is 0.0405. The van der Waals surface area contributed by atoms with E-state index in [0.29, 0.717) is 6.42 Å². The Hall–Kier alpha value is 1.22. The van der Waals surface area contributed by atoms with E-state index >= 15 is 0 Å². The van der Waals surface area contributed by atoms with Crippen LogP contribution in [0, 0.1) is 0 Å². The van der Waals surface area contributed by atoms with Crippen molar-refractivity contribution in [1.29, 1.82) is 0 Å². The Labute approximate surface area is 57.0 Å². The molecule has 0 fully saturated rings. The maximum atomic E-state index is 12.1. The Morgan fingerprint density at radius 2 is 2.00 bits per heavy atom. The molecule has 0 radical (unpaired) electrons. The van der Waals surface area contributed by atoms with Gasteiger partial charge in [-0.2, -0.15) is 0 Å². The molecule has 0 aromatic heterocycles. The van der Waals surface area contributed by atoms with Crippen molar-refractivity contribution in [2.24, 2.45) is 0 Å². The molecule has 8 heavy (non-hydrogen) atoms. The molecule has 0 saturated carbocycles. The fraction of sp³-hybridized carbons (Fsp3) is 1.00. The van der Waals surface area contributed by atoms with Gasteiger partial charge in [0.1, 0.15) is 5.91 Å². The standard InChI is InChI=1S/C4H12FP3/c1-4(7,8)2-3(5)6/h3H,2,6-8H2,1H3. The smallest absolute Gasteiger partial charge is 0.114 e. The maximum absolute atomic E-state index is 12.1. The summed E-state index contributed by atoms with van der Waals surface area (Å²) in [5.74, 6) is -0.782. The predicted molar refractivity (Wildman–Crippen MR) is 47.0 cm³/mol. The molecule has 0 rings (SSSR count). The minimum atomic E-state index is -0.782. The molecule has 0 heterocycles. The second-order valence-corrected chi connectivity index (χ2v) is 6.25. The zero-order valence-corrected chi connectivity index (χ0v) is 8.36. The van der Waals surface area contributed by atoms with Crippen LogP contribution in [-0.4, -0.2) is 10.8 Å². The molecule has 0 aliphatic rings. The van der Waals surface area contributed by atoms with E-state index in [-0.39, 0.29) is 4.90 Å². The summed E-state index contributed by atoms with van der Waals surface area (Å²) in [4.78, 5) is -0.0405. The molecule has 0 aliphatic heterocycles. The lowest BCUT2D eigenvalue weighted by Crippen LogP contribution is -2.08. The van der Waals surface area contributed by atoms with Crippen molar-refractivity contribution in [3.8, 4) is 0 Å². The summed E-state index contributed by atoms with van der Waals surface area (Å²) in [7, 11) is 7.27. The summed E-state index contributed by atoms with van der Waals surface area (Å²) in [6.45, 7) is 1.96. The van der Waals surface area contributed by atoms with Crippen LogP contribution in [-0.2, 0) is 0 Å². The monoisotopic (exact) mass is 172 g/mol. The third-order valence-corrected chi connectivity index (χ3v) is 1.34. The van der Waals surface area contributed by atoms with E-state index in [2.05, 4.69) is 27.7 Å². The van der Waals surface area contributed by atoms with E-state index in [4.69, 9.17) is 0 Å². The average Bonchev–Trinajstić information content (AvgIpc) is 1.21. The summed E-state index contributed by atoms with van der Waals surface area (Å²) in [6, 6.07) is 0. The molecule has 0 saturated heterocycles. The summed E-state index contributed by atoms with van der Waals surface area (Å²) >= 11 is 0. The Balaban J connectivity index is 3.39. The third-order valence-electron chi connectivity index (χ3n) is 0.635. The second-order valence-electron chi connectivity index (χ2n) is 2.23. The normalized spacial score (nSPS) is 16.1. The molecule has 0 bridgehead atoms.